The second-order valence-electron chi connectivity index (χ2n) is 7.07. The lowest BCUT2D eigenvalue weighted by molar-refractivity contribution is -0.155. The molecule has 2 aliphatic rings. The Bertz CT molecular complexity index is 735. The van der Waals surface area contributed by atoms with Gasteiger partial charge in [0, 0.05) is 31.3 Å². The normalized spacial score (nSPS) is 23.0. The van der Waals surface area contributed by atoms with E-state index in [-0.39, 0.29) is 24.7 Å². The van der Waals surface area contributed by atoms with Crippen LogP contribution in [0.5, 0.6) is 0 Å². The van der Waals surface area contributed by atoms with Crippen LogP contribution in [0, 0.1) is 0 Å². The van der Waals surface area contributed by atoms with Crippen LogP contribution < -0.4 is 10.6 Å². The Morgan fingerprint density at radius 3 is 2.82 bits per heavy atom. The summed E-state index contributed by atoms with van der Waals surface area (Å²) in [4.78, 5) is 57.7. The van der Waals surface area contributed by atoms with Gasteiger partial charge >= 0.3 is 5.97 Å². The number of hydrogen-bond donors (Lipinski definition) is 3. The van der Waals surface area contributed by atoms with E-state index >= 15 is 0 Å². The van der Waals surface area contributed by atoms with Gasteiger partial charge in [0.1, 0.15) is 18.1 Å². The number of aromatic amines is 1. The first-order chi connectivity index (χ1) is 13.5. The molecule has 3 N–H and O–H groups in total. The Morgan fingerprint density at radius 2 is 2.18 bits per heavy atom. The second kappa shape index (κ2) is 8.85. The summed E-state index contributed by atoms with van der Waals surface area (Å²) in [5, 5.41) is 5.35. The number of H-pyrrole nitrogens is 1. The summed E-state index contributed by atoms with van der Waals surface area (Å²) in [7, 11) is 1.30. The van der Waals surface area contributed by atoms with Gasteiger partial charge < -0.3 is 25.3 Å². The van der Waals surface area contributed by atoms with Crippen LogP contribution in [0.3, 0.4) is 0 Å². The highest BCUT2D eigenvalue weighted by atomic mass is 16.5. The SMILES string of the molecule is COC(=O)C1CCCCN1C(=O)[C@H](Cc1cnc[nH]1)NC(=O)[C@@H]1CCC(=O)N1. The fourth-order valence-corrected chi connectivity index (χ4v) is 3.68. The van der Waals surface area contributed by atoms with Crippen molar-refractivity contribution in [2.45, 2.75) is 56.7 Å². The van der Waals surface area contributed by atoms with Gasteiger partial charge in [-0.05, 0) is 25.7 Å². The predicted octanol–water partition coefficient (Wildman–Crippen LogP) is -0.730. The maximum atomic E-state index is 13.3. The summed E-state index contributed by atoms with van der Waals surface area (Å²) < 4.78 is 4.85. The number of amides is 3. The van der Waals surface area contributed by atoms with Crippen LogP contribution in [0.4, 0.5) is 0 Å². The van der Waals surface area contributed by atoms with Gasteiger partial charge in [-0.2, -0.15) is 0 Å². The molecule has 1 aromatic heterocycles. The first-order valence-corrected chi connectivity index (χ1v) is 9.45. The molecule has 0 aliphatic carbocycles. The van der Waals surface area contributed by atoms with Crippen molar-refractivity contribution in [2.75, 3.05) is 13.7 Å². The average molecular weight is 391 g/mol. The molecular weight excluding hydrogens is 366 g/mol. The van der Waals surface area contributed by atoms with Crippen molar-refractivity contribution >= 4 is 23.7 Å². The van der Waals surface area contributed by atoms with Gasteiger partial charge in [-0.15, -0.1) is 0 Å². The van der Waals surface area contributed by atoms with Crippen molar-refractivity contribution in [1.29, 1.82) is 0 Å². The lowest BCUT2D eigenvalue weighted by Gasteiger charge is -2.36. The number of methoxy groups -OCH3 is 1. The van der Waals surface area contributed by atoms with Gasteiger partial charge in [0.05, 0.1) is 13.4 Å². The highest BCUT2D eigenvalue weighted by Crippen LogP contribution is 2.20. The fraction of sp³-hybridized carbons (Fsp3) is 0.611. The van der Waals surface area contributed by atoms with Gasteiger partial charge in [0.15, 0.2) is 0 Å². The number of ether oxygens (including phenoxy) is 1. The van der Waals surface area contributed by atoms with E-state index in [2.05, 4.69) is 20.6 Å². The Labute approximate surface area is 162 Å². The van der Waals surface area contributed by atoms with Crippen molar-refractivity contribution in [3.05, 3.63) is 18.2 Å². The van der Waals surface area contributed by atoms with Gasteiger partial charge in [0.2, 0.25) is 17.7 Å². The zero-order valence-electron chi connectivity index (χ0n) is 15.8. The minimum absolute atomic E-state index is 0.182. The van der Waals surface area contributed by atoms with Crippen LogP contribution in [-0.4, -0.2) is 70.3 Å². The zero-order valence-corrected chi connectivity index (χ0v) is 15.8. The van der Waals surface area contributed by atoms with Crippen LogP contribution in [0.1, 0.15) is 37.8 Å². The van der Waals surface area contributed by atoms with Gasteiger partial charge in [-0.3, -0.25) is 14.4 Å². The number of nitrogens with one attached hydrogen (secondary N) is 3. The summed E-state index contributed by atoms with van der Waals surface area (Å²) in [6, 6.07) is -2.18. The van der Waals surface area contributed by atoms with E-state index in [0.717, 1.165) is 12.8 Å². The molecule has 0 aromatic carbocycles. The van der Waals surface area contributed by atoms with Crippen LogP contribution in [-0.2, 0) is 30.3 Å². The number of carbonyl (C=O) groups is 4. The molecule has 0 bridgehead atoms. The van der Waals surface area contributed by atoms with Gasteiger partial charge in [0.25, 0.3) is 0 Å². The van der Waals surface area contributed by atoms with Crippen LogP contribution in [0.25, 0.3) is 0 Å². The molecule has 28 heavy (non-hydrogen) atoms. The first kappa shape index (κ1) is 19.8. The smallest absolute Gasteiger partial charge is 0.328 e. The summed E-state index contributed by atoms with van der Waals surface area (Å²) in [5.41, 5.74) is 0.681. The number of likely N-dealkylation sites (tertiary alicyclic amines) is 1. The van der Waals surface area contributed by atoms with Crippen LogP contribution >= 0.6 is 0 Å². The average Bonchev–Trinajstić information content (AvgIpc) is 3.38. The first-order valence-electron chi connectivity index (χ1n) is 9.45. The van der Waals surface area contributed by atoms with E-state index < -0.39 is 30.0 Å². The molecule has 0 spiro atoms. The Morgan fingerprint density at radius 1 is 1.36 bits per heavy atom. The Balaban J connectivity index is 1.76. The van der Waals surface area contributed by atoms with Gasteiger partial charge in [-0.25, -0.2) is 9.78 Å². The number of aromatic nitrogens is 2. The van der Waals surface area contributed by atoms with Crippen LogP contribution in [0.2, 0.25) is 0 Å². The molecule has 10 nitrogen and oxygen atoms in total. The molecule has 1 aromatic rings. The molecule has 0 saturated carbocycles. The molecular formula is C18H25N5O5. The van der Waals surface area contributed by atoms with E-state index in [4.69, 9.17) is 4.74 Å². The second-order valence-corrected chi connectivity index (χ2v) is 7.07. The van der Waals surface area contributed by atoms with Crippen molar-refractivity contribution in [3.8, 4) is 0 Å². The maximum Gasteiger partial charge on any atom is 0.328 e. The van der Waals surface area contributed by atoms with E-state index in [1.54, 1.807) is 6.20 Å². The molecule has 0 radical (unpaired) electrons. The maximum absolute atomic E-state index is 13.3. The number of rotatable bonds is 6. The lowest BCUT2D eigenvalue weighted by atomic mass is 9.99. The zero-order chi connectivity index (χ0) is 20.1. The number of imidazole rings is 1. The number of piperidine rings is 1. The third-order valence-electron chi connectivity index (χ3n) is 5.16. The van der Waals surface area contributed by atoms with Crippen molar-refractivity contribution < 1.29 is 23.9 Å². The molecule has 10 heteroatoms. The standard InChI is InChI=1S/C18H25N5O5/c1-28-18(27)14-4-2-3-7-23(14)17(26)13(8-11-9-19-10-20-11)22-16(25)12-5-6-15(24)21-12/h9-10,12-14H,2-8H2,1H3,(H,19,20)(H,21,24)(H,22,25)/t12-,13-,14?/m0/s1. The minimum Gasteiger partial charge on any atom is -0.467 e. The molecule has 2 fully saturated rings. The number of esters is 1. The minimum atomic E-state index is -0.879. The quantitative estimate of drug-likeness (QED) is 0.548. The largest absolute Gasteiger partial charge is 0.467 e. The molecule has 2 saturated heterocycles. The Hall–Kier alpha value is -2.91. The van der Waals surface area contributed by atoms with Crippen molar-refractivity contribution in [2.24, 2.45) is 0 Å². The summed E-state index contributed by atoms with van der Waals surface area (Å²) in [6.07, 6.45) is 6.10. The molecule has 152 valence electrons. The Kier molecular flexibility index (Phi) is 6.27. The molecule has 3 rings (SSSR count). The van der Waals surface area contributed by atoms with Crippen molar-refractivity contribution in [3.63, 3.8) is 0 Å². The predicted molar refractivity (Wildman–Crippen MR) is 96.8 cm³/mol. The summed E-state index contributed by atoms with van der Waals surface area (Å²) in [6.45, 7) is 0.425. The van der Waals surface area contributed by atoms with Crippen molar-refractivity contribution in [1.82, 2.24) is 25.5 Å². The van der Waals surface area contributed by atoms with Crippen LogP contribution in [0.15, 0.2) is 12.5 Å². The molecule has 1 unspecified atom stereocenters. The highest BCUT2D eigenvalue weighted by Gasteiger charge is 2.38. The molecule has 2 aliphatic heterocycles. The topological polar surface area (TPSA) is 133 Å². The number of carbonyl (C=O) groups excluding carboxylic acids is 4. The summed E-state index contributed by atoms with van der Waals surface area (Å²) in [5.74, 6) is -1.39. The lowest BCUT2D eigenvalue weighted by Crippen LogP contribution is -2.58. The third kappa shape index (κ3) is 4.49. The number of hydrogen-bond acceptors (Lipinski definition) is 6. The van der Waals surface area contributed by atoms with Gasteiger partial charge in [-0.1, -0.05) is 0 Å². The van der Waals surface area contributed by atoms with E-state index in [1.807, 2.05) is 0 Å². The van der Waals surface area contributed by atoms with E-state index in [0.29, 0.717) is 25.1 Å². The summed E-state index contributed by atoms with van der Waals surface area (Å²) >= 11 is 0. The fourth-order valence-electron chi connectivity index (χ4n) is 3.68. The third-order valence-corrected chi connectivity index (χ3v) is 5.16. The molecule has 3 amide bonds. The monoisotopic (exact) mass is 391 g/mol. The van der Waals surface area contributed by atoms with E-state index in [9.17, 15) is 19.2 Å². The van der Waals surface area contributed by atoms with E-state index in [1.165, 1.54) is 18.3 Å². The number of nitrogens with zero attached hydrogens (tertiary/aromatic N) is 2. The molecule has 3 heterocycles. The molecule has 3 atom stereocenters. The highest BCUT2D eigenvalue weighted by molar-refractivity contribution is 5.95.